The maximum Gasteiger partial charge on any atom is 0.248 e. The van der Waals surface area contributed by atoms with Crippen molar-refractivity contribution in [3.63, 3.8) is 0 Å². The lowest BCUT2D eigenvalue weighted by Crippen LogP contribution is -2.11. The highest BCUT2D eigenvalue weighted by molar-refractivity contribution is 5.98. The highest BCUT2D eigenvalue weighted by Crippen LogP contribution is 2.26. The lowest BCUT2D eigenvalue weighted by molar-refractivity contribution is 0.1000. The van der Waals surface area contributed by atoms with E-state index in [1.165, 1.54) is 0 Å². The third kappa shape index (κ3) is 2.71. The van der Waals surface area contributed by atoms with Crippen molar-refractivity contribution < 1.29 is 14.3 Å². The molecule has 1 heterocycles. The zero-order valence-electron chi connectivity index (χ0n) is 12.0. The van der Waals surface area contributed by atoms with Gasteiger partial charge in [0.15, 0.2) is 0 Å². The van der Waals surface area contributed by atoms with Crippen molar-refractivity contribution in [3.8, 4) is 11.5 Å². The predicted octanol–water partition coefficient (Wildman–Crippen LogP) is 2.25. The van der Waals surface area contributed by atoms with Crippen molar-refractivity contribution in [1.82, 2.24) is 9.97 Å². The van der Waals surface area contributed by atoms with Gasteiger partial charge < -0.3 is 20.2 Å². The summed E-state index contributed by atoms with van der Waals surface area (Å²) in [6, 6.07) is 10.8. The molecule has 1 aromatic heterocycles. The number of carbonyl (C=O) groups excluding carboxylic acids is 1. The van der Waals surface area contributed by atoms with Gasteiger partial charge in [-0.05, 0) is 29.8 Å². The third-order valence-electron chi connectivity index (χ3n) is 3.33. The summed E-state index contributed by atoms with van der Waals surface area (Å²) in [6.07, 6.45) is 1.55. The quantitative estimate of drug-likeness (QED) is 0.755. The number of benzene rings is 2. The maximum atomic E-state index is 11.4. The number of primary amides is 1. The Morgan fingerprint density at radius 1 is 1.27 bits per heavy atom. The number of nitrogens with zero attached hydrogens (tertiary/aromatic N) is 1. The van der Waals surface area contributed by atoms with Crippen LogP contribution in [0.25, 0.3) is 11.0 Å². The summed E-state index contributed by atoms with van der Waals surface area (Å²) in [4.78, 5) is 18.5. The molecule has 0 saturated heterocycles. The monoisotopic (exact) mass is 297 g/mol. The smallest absolute Gasteiger partial charge is 0.248 e. The van der Waals surface area contributed by atoms with Crippen LogP contribution in [0.3, 0.4) is 0 Å². The fraction of sp³-hybridized carbons (Fsp3) is 0.125. The number of nitrogens with two attached hydrogens (primary N) is 1. The van der Waals surface area contributed by atoms with Crippen molar-refractivity contribution in [3.05, 3.63) is 53.9 Å². The Morgan fingerprint density at radius 2 is 2.05 bits per heavy atom. The Labute approximate surface area is 126 Å². The normalized spacial score (nSPS) is 10.6. The van der Waals surface area contributed by atoms with Gasteiger partial charge in [-0.15, -0.1) is 0 Å². The molecular formula is C16H15N3O3. The number of aromatic amines is 1. The van der Waals surface area contributed by atoms with E-state index in [2.05, 4.69) is 9.97 Å². The highest BCUT2D eigenvalue weighted by Gasteiger charge is 2.11. The molecule has 6 heteroatoms. The highest BCUT2D eigenvalue weighted by atomic mass is 16.5. The van der Waals surface area contributed by atoms with Crippen LogP contribution >= 0.6 is 0 Å². The molecule has 3 N–H and O–H groups in total. The summed E-state index contributed by atoms with van der Waals surface area (Å²) in [5.41, 5.74) is 8.07. The van der Waals surface area contributed by atoms with Crippen LogP contribution in [0.5, 0.6) is 11.5 Å². The number of imidazole rings is 1. The van der Waals surface area contributed by atoms with Crippen LogP contribution < -0.4 is 15.2 Å². The molecule has 6 nitrogen and oxygen atoms in total. The lowest BCUT2D eigenvalue weighted by atomic mass is 10.1. The molecule has 0 radical (unpaired) electrons. The maximum absolute atomic E-state index is 11.4. The minimum Gasteiger partial charge on any atom is -0.497 e. The number of nitrogens with one attached hydrogen (secondary N) is 1. The average Bonchev–Trinajstić information content (AvgIpc) is 3.01. The topological polar surface area (TPSA) is 90.2 Å². The fourth-order valence-electron chi connectivity index (χ4n) is 2.15. The molecule has 0 fully saturated rings. The number of hydrogen-bond donors (Lipinski definition) is 2. The van der Waals surface area contributed by atoms with E-state index in [0.29, 0.717) is 29.0 Å². The van der Waals surface area contributed by atoms with Crippen LogP contribution in [0.1, 0.15) is 15.9 Å². The minimum absolute atomic E-state index is 0.355. The van der Waals surface area contributed by atoms with Gasteiger partial charge >= 0.3 is 0 Å². The molecule has 0 bridgehead atoms. The molecule has 1 amide bonds. The number of amides is 1. The summed E-state index contributed by atoms with van der Waals surface area (Å²) in [5.74, 6) is 0.795. The Bertz CT molecular complexity index is 809. The number of methoxy groups -OCH3 is 1. The molecule has 0 spiro atoms. The Balaban J connectivity index is 1.85. The fourth-order valence-corrected chi connectivity index (χ4v) is 2.15. The van der Waals surface area contributed by atoms with Gasteiger partial charge in [0.25, 0.3) is 0 Å². The molecular weight excluding hydrogens is 282 g/mol. The SMILES string of the molecule is COc1ccc(COc2cc(C(N)=O)cc3[nH]cnc23)cc1. The van der Waals surface area contributed by atoms with Crippen molar-refractivity contribution in [1.29, 1.82) is 0 Å². The first kappa shape index (κ1) is 13.9. The number of ether oxygens (including phenoxy) is 2. The van der Waals surface area contributed by atoms with Gasteiger partial charge in [0, 0.05) is 5.56 Å². The van der Waals surface area contributed by atoms with Gasteiger partial charge in [-0.3, -0.25) is 4.79 Å². The number of aromatic nitrogens is 2. The van der Waals surface area contributed by atoms with Crippen LogP contribution in [-0.4, -0.2) is 23.0 Å². The second-order valence-corrected chi connectivity index (χ2v) is 4.77. The molecule has 3 rings (SSSR count). The summed E-state index contributed by atoms with van der Waals surface area (Å²) >= 11 is 0. The zero-order valence-corrected chi connectivity index (χ0v) is 12.0. The first-order chi connectivity index (χ1) is 10.7. The molecule has 3 aromatic rings. The molecule has 0 aliphatic heterocycles. The number of H-pyrrole nitrogens is 1. The summed E-state index contributed by atoms with van der Waals surface area (Å²) in [5, 5.41) is 0. The Hall–Kier alpha value is -3.02. The summed E-state index contributed by atoms with van der Waals surface area (Å²) in [7, 11) is 1.62. The summed E-state index contributed by atoms with van der Waals surface area (Å²) in [6.45, 7) is 0.355. The lowest BCUT2D eigenvalue weighted by Gasteiger charge is -2.09. The van der Waals surface area contributed by atoms with E-state index in [4.69, 9.17) is 15.2 Å². The van der Waals surface area contributed by atoms with Gasteiger partial charge in [-0.2, -0.15) is 0 Å². The minimum atomic E-state index is -0.509. The van der Waals surface area contributed by atoms with Crippen molar-refractivity contribution in [2.24, 2.45) is 5.73 Å². The largest absolute Gasteiger partial charge is 0.497 e. The summed E-state index contributed by atoms with van der Waals surface area (Å²) < 4.78 is 10.9. The molecule has 0 aliphatic carbocycles. The van der Waals surface area contributed by atoms with Crippen LogP contribution in [0.4, 0.5) is 0 Å². The molecule has 112 valence electrons. The van der Waals surface area contributed by atoms with Gasteiger partial charge in [0.05, 0.1) is 19.0 Å². The van der Waals surface area contributed by atoms with Gasteiger partial charge in [-0.1, -0.05) is 12.1 Å². The van der Waals surface area contributed by atoms with E-state index in [0.717, 1.165) is 11.3 Å². The molecule has 0 atom stereocenters. The Morgan fingerprint density at radius 3 is 2.73 bits per heavy atom. The van der Waals surface area contributed by atoms with Crippen molar-refractivity contribution >= 4 is 16.9 Å². The van der Waals surface area contributed by atoms with Gasteiger partial charge in [-0.25, -0.2) is 4.98 Å². The first-order valence-electron chi connectivity index (χ1n) is 6.70. The standard InChI is InChI=1S/C16H15N3O3/c1-21-12-4-2-10(3-5-12)8-22-14-7-11(16(17)20)6-13-15(14)19-9-18-13/h2-7,9H,8H2,1H3,(H2,17,20)(H,18,19). The van der Waals surface area contributed by atoms with E-state index in [9.17, 15) is 4.79 Å². The second-order valence-electron chi connectivity index (χ2n) is 4.77. The number of carbonyl (C=O) groups is 1. The molecule has 2 aromatic carbocycles. The van der Waals surface area contributed by atoms with Crippen molar-refractivity contribution in [2.75, 3.05) is 7.11 Å². The molecule has 0 unspecified atom stereocenters. The number of rotatable bonds is 5. The average molecular weight is 297 g/mol. The van der Waals surface area contributed by atoms with Crippen LogP contribution in [0.15, 0.2) is 42.7 Å². The first-order valence-corrected chi connectivity index (χ1v) is 6.70. The Kier molecular flexibility index (Phi) is 3.65. The molecule has 22 heavy (non-hydrogen) atoms. The zero-order chi connectivity index (χ0) is 15.5. The van der Waals surface area contributed by atoms with E-state index in [1.807, 2.05) is 24.3 Å². The van der Waals surface area contributed by atoms with Crippen molar-refractivity contribution in [2.45, 2.75) is 6.61 Å². The van der Waals surface area contributed by atoms with Crippen LogP contribution in [0.2, 0.25) is 0 Å². The van der Waals surface area contributed by atoms with Gasteiger partial charge in [0.1, 0.15) is 23.6 Å². The molecule has 0 aliphatic rings. The van der Waals surface area contributed by atoms with Crippen LogP contribution in [0, 0.1) is 0 Å². The van der Waals surface area contributed by atoms with Gasteiger partial charge in [0.2, 0.25) is 5.91 Å². The van der Waals surface area contributed by atoms with E-state index in [1.54, 1.807) is 25.6 Å². The van der Waals surface area contributed by atoms with E-state index in [-0.39, 0.29) is 0 Å². The second kappa shape index (κ2) is 5.77. The van der Waals surface area contributed by atoms with Crippen LogP contribution in [-0.2, 0) is 6.61 Å². The van der Waals surface area contributed by atoms with E-state index >= 15 is 0 Å². The van der Waals surface area contributed by atoms with E-state index < -0.39 is 5.91 Å². The number of fused-ring (bicyclic) bond motifs is 1. The molecule has 0 saturated carbocycles. The third-order valence-corrected chi connectivity index (χ3v) is 3.33. The predicted molar refractivity (Wildman–Crippen MR) is 81.9 cm³/mol. The number of hydrogen-bond acceptors (Lipinski definition) is 4.